The molecule has 0 aliphatic carbocycles. The van der Waals surface area contributed by atoms with Crippen molar-refractivity contribution in [3.8, 4) is 0 Å². The minimum atomic E-state index is -0.708. The number of hydrazone groups is 1. The molecule has 25 heavy (non-hydrogen) atoms. The van der Waals surface area contributed by atoms with Crippen LogP contribution in [0.3, 0.4) is 0 Å². The molecule has 2 atom stereocenters. The van der Waals surface area contributed by atoms with Gasteiger partial charge in [0.2, 0.25) is 11.9 Å². The van der Waals surface area contributed by atoms with Crippen LogP contribution in [0.25, 0.3) is 0 Å². The highest BCUT2D eigenvalue weighted by Gasteiger charge is 2.56. The molecule has 2 N–H and O–H groups in total. The number of nitrogens with two attached hydrogens (primary N) is 1. The van der Waals surface area contributed by atoms with Crippen LogP contribution >= 0.6 is 0 Å². The van der Waals surface area contributed by atoms with Gasteiger partial charge in [-0.1, -0.05) is 11.9 Å². The fourth-order valence-electron chi connectivity index (χ4n) is 3.26. The number of carbonyl (C=O) groups is 3. The molecule has 3 aliphatic heterocycles. The Kier molecular flexibility index (Phi) is 4.05. The highest BCUT2D eigenvalue weighted by molar-refractivity contribution is 6.23. The third-order valence-corrected chi connectivity index (χ3v) is 4.61. The monoisotopic (exact) mass is 348 g/mol. The van der Waals surface area contributed by atoms with Crippen molar-refractivity contribution in [3.63, 3.8) is 0 Å². The molecule has 10 heteroatoms. The van der Waals surface area contributed by atoms with E-state index in [-0.39, 0.29) is 18.5 Å². The van der Waals surface area contributed by atoms with E-state index in [4.69, 9.17) is 5.73 Å². The third-order valence-electron chi connectivity index (χ3n) is 4.61. The van der Waals surface area contributed by atoms with Gasteiger partial charge in [-0.15, -0.1) is 10.1 Å². The number of amidine groups is 1. The Bertz CT molecular complexity index is 754. The van der Waals surface area contributed by atoms with Crippen LogP contribution < -0.4 is 5.73 Å². The Morgan fingerprint density at radius 3 is 2.64 bits per heavy atom. The fraction of sp³-hybridized carbons (Fsp3) is 0.600. The molecule has 1 saturated heterocycles. The average molecular weight is 348 g/mol. The zero-order valence-corrected chi connectivity index (χ0v) is 14.8. The predicted molar refractivity (Wildman–Crippen MR) is 90.1 cm³/mol. The Morgan fingerprint density at radius 2 is 2.04 bits per heavy atom. The first-order valence-electron chi connectivity index (χ1n) is 8.21. The topological polar surface area (TPSA) is 115 Å². The van der Waals surface area contributed by atoms with E-state index in [0.29, 0.717) is 24.8 Å². The lowest BCUT2D eigenvalue weighted by Crippen LogP contribution is -2.64. The second kappa shape index (κ2) is 5.94. The highest BCUT2D eigenvalue weighted by atomic mass is 16.2. The van der Waals surface area contributed by atoms with Gasteiger partial charge < -0.3 is 5.73 Å². The van der Waals surface area contributed by atoms with Gasteiger partial charge in [-0.3, -0.25) is 19.4 Å². The van der Waals surface area contributed by atoms with Crippen molar-refractivity contribution in [2.24, 2.45) is 15.8 Å². The lowest BCUT2D eigenvalue weighted by molar-refractivity contribution is -0.559. The number of imide groups is 1. The SMILES string of the molecule is CCCN1C(=O)C2C(=NC3=[N+]2C(C)C(C)=NN3CC(N)=O)N(C)C1=O. The number of urea groups is 1. The lowest BCUT2D eigenvalue weighted by atomic mass is 10.1. The number of fused-ring (bicyclic) bond motifs is 2. The first kappa shape index (κ1) is 17.1. The molecular formula is C15H22N7O3+. The minimum absolute atomic E-state index is 0.149. The van der Waals surface area contributed by atoms with Gasteiger partial charge in [0.05, 0.1) is 5.71 Å². The molecule has 2 unspecified atom stereocenters. The molecule has 0 radical (unpaired) electrons. The lowest BCUT2D eigenvalue weighted by Gasteiger charge is -2.35. The van der Waals surface area contributed by atoms with Gasteiger partial charge in [0, 0.05) is 13.6 Å². The number of rotatable bonds is 4. The van der Waals surface area contributed by atoms with Crippen molar-refractivity contribution in [2.75, 3.05) is 20.1 Å². The van der Waals surface area contributed by atoms with Crippen LogP contribution in [0.5, 0.6) is 0 Å². The number of nitrogens with zero attached hydrogens (tertiary/aromatic N) is 6. The number of amides is 4. The van der Waals surface area contributed by atoms with Crippen LogP contribution in [-0.4, -0.2) is 87.0 Å². The average Bonchev–Trinajstić information content (AvgIpc) is 2.95. The van der Waals surface area contributed by atoms with Gasteiger partial charge in [0.25, 0.3) is 11.8 Å². The molecule has 10 nitrogen and oxygen atoms in total. The van der Waals surface area contributed by atoms with Crippen LogP contribution in [0.15, 0.2) is 10.1 Å². The normalized spacial score (nSPS) is 25.8. The number of hydrogen-bond acceptors (Lipinski definition) is 6. The van der Waals surface area contributed by atoms with Crippen molar-refractivity contribution >= 4 is 35.4 Å². The molecule has 0 aromatic heterocycles. The number of guanidine groups is 1. The standard InChI is InChI=1S/C15H21N7O3/c1-5-6-20-13(24)11-12(19(4)15(20)25)17-14-21(7-10(16)23)18-8(2)9(3)22(11)14/h9,11H,5-7H2,1-4H3,(H-,16,23)/p+1. The summed E-state index contributed by atoms with van der Waals surface area (Å²) in [5, 5.41) is 5.75. The summed E-state index contributed by atoms with van der Waals surface area (Å²) in [4.78, 5) is 43.9. The second-order valence-corrected chi connectivity index (χ2v) is 6.35. The summed E-state index contributed by atoms with van der Waals surface area (Å²) < 4.78 is 1.80. The maximum atomic E-state index is 13.0. The van der Waals surface area contributed by atoms with Gasteiger partial charge in [-0.2, -0.15) is 0 Å². The van der Waals surface area contributed by atoms with Gasteiger partial charge in [-0.25, -0.2) is 9.37 Å². The van der Waals surface area contributed by atoms with E-state index in [2.05, 4.69) is 10.1 Å². The molecule has 0 aromatic carbocycles. The van der Waals surface area contributed by atoms with Crippen LogP contribution in [-0.2, 0) is 9.59 Å². The number of aliphatic imine (C=N–C) groups is 1. The molecule has 3 heterocycles. The fourth-order valence-corrected chi connectivity index (χ4v) is 3.26. The van der Waals surface area contributed by atoms with Crippen molar-refractivity contribution in [1.29, 1.82) is 0 Å². The van der Waals surface area contributed by atoms with E-state index in [0.717, 1.165) is 5.71 Å². The molecule has 1 fully saturated rings. The minimum Gasteiger partial charge on any atom is -0.367 e. The van der Waals surface area contributed by atoms with Crippen molar-refractivity contribution in [2.45, 2.75) is 39.3 Å². The van der Waals surface area contributed by atoms with E-state index in [1.54, 1.807) is 11.6 Å². The zero-order valence-electron chi connectivity index (χ0n) is 14.8. The first-order chi connectivity index (χ1) is 11.8. The summed E-state index contributed by atoms with van der Waals surface area (Å²) in [6, 6.07) is -1.30. The molecule has 134 valence electrons. The Balaban J connectivity index is 2.07. The molecular weight excluding hydrogens is 326 g/mol. The maximum Gasteiger partial charge on any atom is 0.417 e. The first-order valence-corrected chi connectivity index (χ1v) is 8.21. The van der Waals surface area contributed by atoms with E-state index in [9.17, 15) is 14.4 Å². The molecule has 0 saturated carbocycles. The maximum absolute atomic E-state index is 13.0. The molecule has 4 amide bonds. The Labute approximate surface area is 145 Å². The molecule has 3 rings (SSSR count). The largest absolute Gasteiger partial charge is 0.417 e. The number of hydrogen-bond donors (Lipinski definition) is 1. The molecule has 0 aromatic rings. The van der Waals surface area contributed by atoms with Gasteiger partial charge >= 0.3 is 12.0 Å². The van der Waals surface area contributed by atoms with Crippen molar-refractivity contribution in [1.82, 2.24) is 14.8 Å². The van der Waals surface area contributed by atoms with Crippen LogP contribution in [0.4, 0.5) is 4.79 Å². The molecule has 0 bridgehead atoms. The summed E-state index contributed by atoms with van der Waals surface area (Å²) in [6.45, 7) is 5.84. The number of likely N-dealkylation sites (N-methyl/N-ethyl adjacent to an activating group) is 1. The van der Waals surface area contributed by atoms with Gasteiger partial charge in [-0.05, 0) is 20.3 Å². The summed E-state index contributed by atoms with van der Waals surface area (Å²) >= 11 is 0. The summed E-state index contributed by atoms with van der Waals surface area (Å²) in [5.74, 6) is -0.150. The Morgan fingerprint density at radius 1 is 1.36 bits per heavy atom. The summed E-state index contributed by atoms with van der Waals surface area (Å²) in [7, 11) is 1.60. The van der Waals surface area contributed by atoms with Gasteiger partial charge in [0.1, 0.15) is 6.04 Å². The molecule has 3 aliphatic rings. The van der Waals surface area contributed by atoms with Crippen LogP contribution in [0.2, 0.25) is 0 Å². The smallest absolute Gasteiger partial charge is 0.367 e. The Hall–Kier alpha value is -2.78. The molecule has 0 spiro atoms. The second-order valence-electron chi connectivity index (χ2n) is 6.35. The summed E-state index contributed by atoms with van der Waals surface area (Å²) in [6.07, 6.45) is 0.672. The summed E-state index contributed by atoms with van der Waals surface area (Å²) in [5.41, 5.74) is 6.03. The number of carbonyl (C=O) groups excluding carboxylic acids is 3. The van der Waals surface area contributed by atoms with Gasteiger partial charge in [0.15, 0.2) is 6.54 Å². The van der Waals surface area contributed by atoms with Crippen molar-refractivity contribution in [3.05, 3.63) is 0 Å². The third kappa shape index (κ3) is 2.48. The van der Waals surface area contributed by atoms with E-state index < -0.39 is 18.0 Å². The zero-order chi connectivity index (χ0) is 18.5. The quantitative estimate of drug-likeness (QED) is 0.657. The van der Waals surface area contributed by atoms with E-state index in [1.165, 1.54) is 14.8 Å². The van der Waals surface area contributed by atoms with E-state index in [1.807, 2.05) is 20.8 Å². The van der Waals surface area contributed by atoms with Crippen molar-refractivity contribution < 1.29 is 19.0 Å². The van der Waals surface area contributed by atoms with Crippen LogP contribution in [0, 0.1) is 0 Å². The van der Waals surface area contributed by atoms with E-state index >= 15 is 0 Å². The van der Waals surface area contributed by atoms with Crippen LogP contribution in [0.1, 0.15) is 27.2 Å². The predicted octanol–water partition coefficient (Wildman–Crippen LogP) is -0.995. The number of primary amides is 1. The highest BCUT2D eigenvalue weighted by Crippen LogP contribution is 2.25.